The van der Waals surface area contributed by atoms with Crippen molar-refractivity contribution in [2.45, 2.75) is 57.3 Å². The molecular formula is C20H32FIN4O2. The fourth-order valence-electron chi connectivity index (χ4n) is 3.56. The lowest BCUT2D eigenvalue weighted by atomic mass is 10.2. The molecule has 0 spiro atoms. The third kappa shape index (κ3) is 7.04. The van der Waals surface area contributed by atoms with Crippen LogP contribution in [0.5, 0.6) is 5.75 Å². The van der Waals surface area contributed by atoms with E-state index in [-0.39, 0.29) is 42.9 Å². The third-order valence-corrected chi connectivity index (χ3v) is 5.04. The average molecular weight is 506 g/mol. The van der Waals surface area contributed by atoms with E-state index in [4.69, 9.17) is 4.74 Å². The fraction of sp³-hybridized carbons (Fsp3) is 0.650. The van der Waals surface area contributed by atoms with Crippen molar-refractivity contribution in [3.63, 3.8) is 0 Å². The molecule has 158 valence electrons. The molecule has 1 saturated heterocycles. The van der Waals surface area contributed by atoms with Crippen LogP contribution in [-0.4, -0.2) is 66.4 Å². The molecule has 3 N–H and O–H groups in total. The maximum absolute atomic E-state index is 12.9. The number of rotatable bonds is 8. The molecule has 28 heavy (non-hydrogen) atoms. The second kappa shape index (κ2) is 11.2. The zero-order chi connectivity index (χ0) is 19.2. The first-order chi connectivity index (χ1) is 13.0. The highest BCUT2D eigenvalue weighted by Gasteiger charge is 2.38. The highest BCUT2D eigenvalue weighted by atomic mass is 127. The summed E-state index contributed by atoms with van der Waals surface area (Å²) in [6, 6.07) is 7.52. The smallest absolute Gasteiger partial charge is 0.191 e. The monoisotopic (exact) mass is 506 g/mol. The number of halogens is 2. The topological polar surface area (TPSA) is 69.1 Å². The van der Waals surface area contributed by atoms with Gasteiger partial charge >= 0.3 is 0 Å². The van der Waals surface area contributed by atoms with Crippen molar-refractivity contribution < 1.29 is 14.2 Å². The Morgan fingerprint density at radius 2 is 2.07 bits per heavy atom. The van der Waals surface area contributed by atoms with Crippen LogP contribution >= 0.6 is 24.0 Å². The summed E-state index contributed by atoms with van der Waals surface area (Å²) in [5.74, 6) is 0.952. The minimum atomic E-state index is -0.726. The van der Waals surface area contributed by atoms with Gasteiger partial charge in [0, 0.05) is 31.2 Å². The van der Waals surface area contributed by atoms with Crippen LogP contribution in [-0.2, 0) is 0 Å². The summed E-state index contributed by atoms with van der Waals surface area (Å²) in [4.78, 5) is 7.09. The van der Waals surface area contributed by atoms with E-state index in [1.165, 1.54) is 25.0 Å². The summed E-state index contributed by atoms with van der Waals surface area (Å²) in [6.07, 6.45) is 3.03. The predicted octanol–water partition coefficient (Wildman–Crippen LogP) is 2.36. The summed E-state index contributed by atoms with van der Waals surface area (Å²) >= 11 is 0. The van der Waals surface area contributed by atoms with Crippen LogP contribution in [0.3, 0.4) is 0 Å². The van der Waals surface area contributed by atoms with E-state index in [1.807, 2.05) is 6.92 Å². The van der Waals surface area contributed by atoms with Crippen LogP contribution in [0.15, 0.2) is 29.3 Å². The van der Waals surface area contributed by atoms with Gasteiger partial charge in [0.05, 0.1) is 6.54 Å². The Morgan fingerprint density at radius 3 is 2.71 bits per heavy atom. The molecule has 1 aromatic rings. The van der Waals surface area contributed by atoms with Gasteiger partial charge in [0.1, 0.15) is 24.3 Å². The molecule has 2 fully saturated rings. The molecule has 3 rings (SSSR count). The zero-order valence-corrected chi connectivity index (χ0v) is 18.9. The Hall–Kier alpha value is -1.13. The molecule has 1 heterocycles. The van der Waals surface area contributed by atoms with Gasteiger partial charge in [-0.3, -0.25) is 9.89 Å². The van der Waals surface area contributed by atoms with Gasteiger partial charge < -0.3 is 20.5 Å². The second-order valence-electron chi connectivity index (χ2n) is 7.49. The molecular weight excluding hydrogens is 474 g/mol. The molecule has 1 aromatic carbocycles. The summed E-state index contributed by atoms with van der Waals surface area (Å²) < 4.78 is 18.4. The van der Waals surface area contributed by atoms with E-state index in [2.05, 4.69) is 27.4 Å². The number of guanidine groups is 1. The van der Waals surface area contributed by atoms with E-state index >= 15 is 0 Å². The molecule has 1 aliphatic carbocycles. The highest BCUT2D eigenvalue weighted by Crippen LogP contribution is 2.33. The first-order valence-electron chi connectivity index (χ1n) is 9.92. The number of aliphatic imine (C=N–C) groups is 1. The molecule has 6 nitrogen and oxygen atoms in total. The number of aliphatic hydroxyl groups is 1. The van der Waals surface area contributed by atoms with Crippen LogP contribution < -0.4 is 15.4 Å². The molecule has 2 aliphatic rings. The summed E-state index contributed by atoms with van der Waals surface area (Å²) in [7, 11) is 0. The number of aliphatic hydroxyl groups excluding tert-OH is 1. The maximum Gasteiger partial charge on any atom is 0.191 e. The number of hydrogen-bond donors (Lipinski definition) is 3. The van der Waals surface area contributed by atoms with Gasteiger partial charge in [-0.25, -0.2) is 4.39 Å². The van der Waals surface area contributed by atoms with Gasteiger partial charge in [0.2, 0.25) is 0 Å². The van der Waals surface area contributed by atoms with Crippen LogP contribution in [0.2, 0.25) is 0 Å². The molecule has 0 aromatic heterocycles. The number of nitrogens with one attached hydrogen (secondary N) is 2. The second-order valence-corrected chi connectivity index (χ2v) is 7.49. The normalized spacial score (nSPS) is 23.8. The number of hydrogen-bond acceptors (Lipinski definition) is 4. The van der Waals surface area contributed by atoms with Gasteiger partial charge in [-0.15, -0.1) is 24.0 Å². The highest BCUT2D eigenvalue weighted by molar-refractivity contribution is 14.0. The molecule has 1 saturated carbocycles. The summed E-state index contributed by atoms with van der Waals surface area (Å²) in [5, 5.41) is 16.9. The lowest BCUT2D eigenvalue weighted by Crippen LogP contribution is -2.45. The van der Waals surface area contributed by atoms with E-state index in [0.29, 0.717) is 17.8 Å². The fourth-order valence-corrected chi connectivity index (χ4v) is 3.56. The SMILES string of the molecule is CCNC(=NCC(O)COc1ccc(F)cc1)NC1CC(C)N(C2CC2)C1.I. The lowest BCUT2D eigenvalue weighted by Gasteiger charge is -2.20. The van der Waals surface area contributed by atoms with Crippen LogP contribution in [0.25, 0.3) is 0 Å². The molecule has 0 radical (unpaired) electrons. The number of nitrogens with zero attached hydrogens (tertiary/aromatic N) is 2. The van der Waals surface area contributed by atoms with Gasteiger partial charge in [-0.1, -0.05) is 0 Å². The molecule has 8 heteroatoms. The van der Waals surface area contributed by atoms with Crippen molar-refractivity contribution in [1.29, 1.82) is 0 Å². The maximum atomic E-state index is 12.9. The van der Waals surface area contributed by atoms with Crippen molar-refractivity contribution >= 4 is 29.9 Å². The van der Waals surface area contributed by atoms with Crippen LogP contribution in [0.1, 0.15) is 33.1 Å². The van der Waals surface area contributed by atoms with E-state index in [9.17, 15) is 9.50 Å². The van der Waals surface area contributed by atoms with Crippen LogP contribution in [0.4, 0.5) is 4.39 Å². The largest absolute Gasteiger partial charge is 0.491 e. The molecule has 1 aliphatic heterocycles. The standard InChI is InChI=1S/C20H31FN4O2.HI/c1-3-22-20(24-16-10-14(2)25(12-16)17-6-7-17)23-11-18(26)13-27-19-8-4-15(21)5-9-19;/h4-5,8-9,14,16-18,26H,3,6-7,10-13H2,1-2H3,(H2,22,23,24);1H. The lowest BCUT2D eigenvalue weighted by molar-refractivity contribution is 0.114. The molecule has 3 atom stereocenters. The minimum absolute atomic E-state index is 0. The zero-order valence-electron chi connectivity index (χ0n) is 16.6. The Kier molecular flexibility index (Phi) is 9.23. The first kappa shape index (κ1) is 23.2. The number of benzene rings is 1. The van der Waals surface area contributed by atoms with E-state index in [0.717, 1.165) is 31.5 Å². The van der Waals surface area contributed by atoms with Gasteiger partial charge in [0.15, 0.2) is 5.96 Å². The number of likely N-dealkylation sites (tertiary alicyclic amines) is 1. The minimum Gasteiger partial charge on any atom is -0.491 e. The van der Waals surface area contributed by atoms with Gasteiger partial charge in [-0.05, 0) is 57.4 Å². The summed E-state index contributed by atoms with van der Waals surface area (Å²) in [6.45, 7) is 6.49. The van der Waals surface area contributed by atoms with Gasteiger partial charge in [-0.2, -0.15) is 0 Å². The Balaban J connectivity index is 0.00000280. The predicted molar refractivity (Wildman–Crippen MR) is 120 cm³/mol. The van der Waals surface area contributed by atoms with Gasteiger partial charge in [0.25, 0.3) is 0 Å². The molecule has 0 bridgehead atoms. The van der Waals surface area contributed by atoms with Crippen molar-refractivity contribution in [3.05, 3.63) is 30.1 Å². The van der Waals surface area contributed by atoms with E-state index < -0.39 is 6.10 Å². The molecule has 0 amide bonds. The first-order valence-corrected chi connectivity index (χ1v) is 9.92. The Bertz CT molecular complexity index is 627. The molecule has 3 unspecified atom stereocenters. The van der Waals surface area contributed by atoms with Crippen molar-refractivity contribution in [1.82, 2.24) is 15.5 Å². The quantitative estimate of drug-likeness (QED) is 0.287. The van der Waals surface area contributed by atoms with Crippen molar-refractivity contribution in [2.24, 2.45) is 4.99 Å². The number of ether oxygens (including phenoxy) is 1. The Morgan fingerprint density at radius 1 is 1.36 bits per heavy atom. The van der Waals surface area contributed by atoms with Crippen molar-refractivity contribution in [3.8, 4) is 5.75 Å². The average Bonchev–Trinajstić information content (AvgIpc) is 3.42. The third-order valence-electron chi connectivity index (χ3n) is 5.04. The van der Waals surface area contributed by atoms with E-state index in [1.54, 1.807) is 12.1 Å². The van der Waals surface area contributed by atoms with Crippen LogP contribution in [0, 0.1) is 5.82 Å². The summed E-state index contributed by atoms with van der Waals surface area (Å²) in [5.41, 5.74) is 0. The van der Waals surface area contributed by atoms with Crippen molar-refractivity contribution in [2.75, 3.05) is 26.2 Å². The Labute approximate surface area is 184 Å².